The Kier molecular flexibility index (Phi) is 2.21. The van der Waals surface area contributed by atoms with Crippen molar-refractivity contribution < 1.29 is 5.11 Å². The lowest BCUT2D eigenvalue weighted by molar-refractivity contribution is 0.255. The Labute approximate surface area is 96.9 Å². The summed E-state index contributed by atoms with van der Waals surface area (Å²) in [5, 5.41) is 9.45. The molecule has 16 heavy (non-hydrogen) atoms. The fourth-order valence-electron chi connectivity index (χ4n) is 2.82. The summed E-state index contributed by atoms with van der Waals surface area (Å²) in [7, 11) is 0. The van der Waals surface area contributed by atoms with Crippen molar-refractivity contribution in [2.24, 2.45) is 0 Å². The number of hydrogen-bond acceptors (Lipinski definition) is 2. The van der Waals surface area contributed by atoms with E-state index in [0.717, 1.165) is 25.9 Å². The predicted molar refractivity (Wildman–Crippen MR) is 66.0 cm³/mol. The molecular weight excluding hydrogens is 198 g/mol. The Morgan fingerprint density at radius 3 is 2.81 bits per heavy atom. The molecule has 0 bridgehead atoms. The highest BCUT2D eigenvalue weighted by atomic mass is 16.3. The highest BCUT2D eigenvalue weighted by Crippen LogP contribution is 2.48. The lowest BCUT2D eigenvalue weighted by Gasteiger charge is -2.18. The minimum atomic E-state index is 0.120. The number of aliphatic hydroxyl groups is 1. The van der Waals surface area contributed by atoms with Crippen LogP contribution in [-0.2, 0) is 11.8 Å². The van der Waals surface area contributed by atoms with Crippen LogP contribution >= 0.6 is 0 Å². The normalized spacial score (nSPS) is 21.0. The maximum atomic E-state index is 9.45. The molecule has 0 radical (unpaired) electrons. The molecule has 0 spiro atoms. The molecule has 2 heteroatoms. The zero-order valence-corrected chi connectivity index (χ0v) is 9.87. The minimum absolute atomic E-state index is 0.120. The topological polar surface area (TPSA) is 23.5 Å². The van der Waals surface area contributed by atoms with E-state index in [1.807, 2.05) is 0 Å². The Bertz CT molecular complexity index is 409. The van der Waals surface area contributed by atoms with E-state index in [-0.39, 0.29) is 5.41 Å². The molecular formula is C14H19NO. The van der Waals surface area contributed by atoms with Gasteiger partial charge in [-0.2, -0.15) is 0 Å². The average Bonchev–Trinajstić information content (AvgIpc) is 3.03. The molecule has 1 heterocycles. The van der Waals surface area contributed by atoms with Crippen molar-refractivity contribution >= 4 is 5.69 Å². The highest BCUT2D eigenvalue weighted by molar-refractivity contribution is 5.60. The SMILES string of the molecule is CCN1CCc2cc(C3(CO)CC3)ccc21. The molecule has 0 saturated heterocycles. The van der Waals surface area contributed by atoms with Crippen molar-refractivity contribution in [1.29, 1.82) is 0 Å². The molecule has 1 N–H and O–H groups in total. The van der Waals surface area contributed by atoms with E-state index in [1.165, 1.54) is 23.2 Å². The van der Waals surface area contributed by atoms with Gasteiger partial charge in [-0.1, -0.05) is 12.1 Å². The molecule has 1 aliphatic carbocycles. The van der Waals surface area contributed by atoms with E-state index in [9.17, 15) is 5.11 Å². The van der Waals surface area contributed by atoms with Gasteiger partial charge in [0.15, 0.2) is 0 Å². The van der Waals surface area contributed by atoms with Crippen molar-refractivity contribution in [3.8, 4) is 0 Å². The van der Waals surface area contributed by atoms with E-state index in [4.69, 9.17) is 0 Å². The largest absolute Gasteiger partial charge is 0.395 e. The smallest absolute Gasteiger partial charge is 0.0527 e. The molecule has 1 aromatic carbocycles. The summed E-state index contributed by atoms with van der Waals surface area (Å²) in [6.45, 7) is 4.77. The number of benzene rings is 1. The summed E-state index contributed by atoms with van der Waals surface area (Å²) in [6, 6.07) is 6.79. The van der Waals surface area contributed by atoms with Gasteiger partial charge in [0.25, 0.3) is 0 Å². The Balaban J connectivity index is 1.95. The quantitative estimate of drug-likeness (QED) is 0.838. The van der Waals surface area contributed by atoms with E-state index < -0.39 is 0 Å². The van der Waals surface area contributed by atoms with Gasteiger partial charge in [-0.3, -0.25) is 0 Å². The molecule has 2 aliphatic rings. The van der Waals surface area contributed by atoms with Gasteiger partial charge in [0, 0.05) is 24.2 Å². The summed E-state index contributed by atoms with van der Waals surface area (Å²) in [5.74, 6) is 0. The second-order valence-electron chi connectivity index (χ2n) is 5.11. The molecule has 86 valence electrons. The molecule has 1 saturated carbocycles. The average molecular weight is 217 g/mol. The lowest BCUT2D eigenvalue weighted by Crippen LogP contribution is -2.19. The van der Waals surface area contributed by atoms with Gasteiger partial charge in [0.05, 0.1) is 6.61 Å². The number of anilines is 1. The van der Waals surface area contributed by atoms with Crippen LogP contribution in [0.15, 0.2) is 18.2 Å². The third-order valence-electron chi connectivity index (χ3n) is 4.22. The Morgan fingerprint density at radius 1 is 1.38 bits per heavy atom. The summed E-state index contributed by atoms with van der Waals surface area (Å²) in [6.07, 6.45) is 3.47. The molecule has 1 aliphatic heterocycles. The fraction of sp³-hybridized carbons (Fsp3) is 0.571. The van der Waals surface area contributed by atoms with Crippen LogP contribution in [0.3, 0.4) is 0 Å². The van der Waals surface area contributed by atoms with E-state index in [0.29, 0.717) is 6.61 Å². The number of rotatable bonds is 3. The number of fused-ring (bicyclic) bond motifs is 1. The van der Waals surface area contributed by atoms with Gasteiger partial charge >= 0.3 is 0 Å². The number of hydrogen-bond donors (Lipinski definition) is 1. The first-order valence-corrected chi connectivity index (χ1v) is 6.28. The van der Waals surface area contributed by atoms with E-state index >= 15 is 0 Å². The van der Waals surface area contributed by atoms with Gasteiger partial charge < -0.3 is 10.0 Å². The summed E-state index contributed by atoms with van der Waals surface area (Å²) in [5.41, 5.74) is 4.35. The first-order chi connectivity index (χ1) is 7.79. The van der Waals surface area contributed by atoms with Gasteiger partial charge in [-0.05, 0) is 43.4 Å². The third kappa shape index (κ3) is 1.36. The Morgan fingerprint density at radius 2 is 2.19 bits per heavy atom. The van der Waals surface area contributed by atoms with Crippen LogP contribution in [0.25, 0.3) is 0 Å². The van der Waals surface area contributed by atoms with Gasteiger partial charge in [-0.25, -0.2) is 0 Å². The van der Waals surface area contributed by atoms with Crippen LogP contribution < -0.4 is 4.90 Å². The van der Waals surface area contributed by atoms with Gasteiger partial charge in [0.1, 0.15) is 0 Å². The minimum Gasteiger partial charge on any atom is -0.395 e. The number of nitrogens with zero attached hydrogens (tertiary/aromatic N) is 1. The first-order valence-electron chi connectivity index (χ1n) is 6.28. The molecule has 2 nitrogen and oxygen atoms in total. The van der Waals surface area contributed by atoms with Crippen LogP contribution in [0, 0.1) is 0 Å². The van der Waals surface area contributed by atoms with Crippen LogP contribution in [0.4, 0.5) is 5.69 Å². The van der Waals surface area contributed by atoms with Crippen molar-refractivity contribution in [3.05, 3.63) is 29.3 Å². The molecule has 0 unspecified atom stereocenters. The van der Waals surface area contributed by atoms with Crippen LogP contribution in [0.2, 0.25) is 0 Å². The zero-order chi connectivity index (χ0) is 11.2. The van der Waals surface area contributed by atoms with E-state index in [2.05, 4.69) is 30.0 Å². The monoisotopic (exact) mass is 217 g/mol. The maximum absolute atomic E-state index is 9.45. The second kappa shape index (κ2) is 3.49. The van der Waals surface area contributed by atoms with Crippen LogP contribution in [0.1, 0.15) is 30.9 Å². The van der Waals surface area contributed by atoms with Crippen LogP contribution in [0.5, 0.6) is 0 Å². The molecule has 3 rings (SSSR count). The maximum Gasteiger partial charge on any atom is 0.0527 e. The van der Waals surface area contributed by atoms with Gasteiger partial charge in [-0.15, -0.1) is 0 Å². The van der Waals surface area contributed by atoms with Crippen molar-refractivity contribution in [2.45, 2.75) is 31.6 Å². The first kappa shape index (κ1) is 10.2. The van der Waals surface area contributed by atoms with Gasteiger partial charge in [0.2, 0.25) is 0 Å². The highest BCUT2D eigenvalue weighted by Gasteiger charge is 2.44. The summed E-state index contributed by atoms with van der Waals surface area (Å²) < 4.78 is 0. The molecule has 0 atom stereocenters. The second-order valence-corrected chi connectivity index (χ2v) is 5.11. The summed E-state index contributed by atoms with van der Waals surface area (Å²) in [4.78, 5) is 2.43. The lowest BCUT2D eigenvalue weighted by atomic mass is 9.94. The van der Waals surface area contributed by atoms with Crippen molar-refractivity contribution in [1.82, 2.24) is 0 Å². The standard InChI is InChI=1S/C14H19NO/c1-2-15-8-5-11-9-12(3-4-13(11)15)14(10-16)6-7-14/h3-4,9,16H,2,5-8,10H2,1H3. The molecule has 0 aromatic heterocycles. The third-order valence-corrected chi connectivity index (χ3v) is 4.22. The zero-order valence-electron chi connectivity index (χ0n) is 9.87. The summed E-state index contributed by atoms with van der Waals surface area (Å²) >= 11 is 0. The van der Waals surface area contributed by atoms with E-state index in [1.54, 1.807) is 0 Å². The fourth-order valence-corrected chi connectivity index (χ4v) is 2.82. The number of aliphatic hydroxyl groups excluding tert-OH is 1. The molecule has 1 fully saturated rings. The molecule has 1 aromatic rings. The molecule has 0 amide bonds. The van der Waals surface area contributed by atoms with Crippen molar-refractivity contribution in [2.75, 3.05) is 24.6 Å². The van der Waals surface area contributed by atoms with Crippen molar-refractivity contribution in [3.63, 3.8) is 0 Å². The number of likely N-dealkylation sites (N-methyl/N-ethyl adjacent to an activating group) is 1. The van der Waals surface area contributed by atoms with Crippen LogP contribution in [-0.4, -0.2) is 24.8 Å². The Hall–Kier alpha value is -1.02. The predicted octanol–water partition coefficient (Wildman–Crippen LogP) is 2.09.